The van der Waals surface area contributed by atoms with Gasteiger partial charge in [0, 0.05) is 0 Å². The highest BCUT2D eigenvalue weighted by molar-refractivity contribution is 6.55. The van der Waals surface area contributed by atoms with Gasteiger partial charge in [0.1, 0.15) is 31.4 Å². The maximum Gasteiger partial charge on any atom is 0.138 e. The molecule has 0 atom stereocenters. The van der Waals surface area contributed by atoms with Gasteiger partial charge < -0.3 is 0 Å². The van der Waals surface area contributed by atoms with E-state index in [9.17, 15) is 0 Å². The third-order valence-corrected chi connectivity index (χ3v) is 2.11. The van der Waals surface area contributed by atoms with Crippen LogP contribution in [-0.2, 0) is 0 Å². The average molecular weight is 125 g/mol. The Kier molecular flexibility index (Phi) is 1.98. The highest BCUT2D eigenvalue weighted by atomic mass is 13.9. The van der Waals surface area contributed by atoms with Crippen LogP contribution in [0, 0.1) is 0 Å². The molecule has 0 bridgehead atoms. The molecule has 0 aliphatic heterocycles. The first-order valence-corrected chi connectivity index (χ1v) is 3.65. The van der Waals surface area contributed by atoms with Crippen molar-refractivity contribution in [3.8, 4) is 0 Å². The van der Waals surface area contributed by atoms with E-state index in [4.69, 9.17) is 0 Å². The van der Waals surface area contributed by atoms with Crippen molar-refractivity contribution in [1.82, 2.24) is 0 Å². The van der Waals surface area contributed by atoms with Gasteiger partial charge in [-0.2, -0.15) is 0 Å². The van der Waals surface area contributed by atoms with Crippen molar-refractivity contribution in [1.29, 1.82) is 0 Å². The van der Waals surface area contributed by atoms with E-state index in [0.717, 1.165) is 0 Å². The molecule has 4 heteroatoms. The van der Waals surface area contributed by atoms with Gasteiger partial charge in [0.2, 0.25) is 0 Å². The van der Waals surface area contributed by atoms with E-state index in [2.05, 4.69) is 43.5 Å². The molecule has 0 amide bonds. The minimum absolute atomic E-state index is 1.39. The van der Waals surface area contributed by atoms with Gasteiger partial charge in [-0.25, -0.2) is 0 Å². The molecule has 0 aliphatic rings. The third-order valence-electron chi connectivity index (χ3n) is 2.11. The number of hydrogen-bond donors (Lipinski definition) is 0. The van der Waals surface area contributed by atoms with Crippen molar-refractivity contribution in [3.05, 3.63) is 12.1 Å². The summed E-state index contributed by atoms with van der Waals surface area (Å²) in [5.41, 5.74) is 5.57. The summed E-state index contributed by atoms with van der Waals surface area (Å²) in [4.78, 5) is 0. The van der Waals surface area contributed by atoms with Gasteiger partial charge in [-0.15, -0.1) is 0 Å². The van der Waals surface area contributed by atoms with Gasteiger partial charge in [0.15, 0.2) is 0 Å². The van der Waals surface area contributed by atoms with E-state index in [1.165, 1.54) is 21.9 Å². The molecular formula is C6H10B4. The van der Waals surface area contributed by atoms with Crippen molar-refractivity contribution in [2.24, 2.45) is 0 Å². The number of hydrogen-bond acceptors (Lipinski definition) is 0. The minimum atomic E-state index is 1.39. The predicted molar refractivity (Wildman–Crippen MR) is 59.2 cm³/mol. The topological polar surface area (TPSA) is 0 Å². The summed E-state index contributed by atoms with van der Waals surface area (Å²) >= 11 is 0. The normalized spacial score (nSPS) is 9.60. The molecule has 0 saturated heterocycles. The number of benzene rings is 1. The van der Waals surface area contributed by atoms with Gasteiger partial charge >= 0.3 is 0 Å². The second kappa shape index (κ2) is 2.61. The Labute approximate surface area is 66.0 Å². The van der Waals surface area contributed by atoms with Crippen LogP contribution < -0.4 is 21.9 Å². The quantitative estimate of drug-likeness (QED) is 0.304. The monoisotopic (exact) mass is 126 g/mol. The zero-order valence-corrected chi connectivity index (χ0v) is 7.15. The molecule has 0 radical (unpaired) electrons. The molecule has 46 valence electrons. The smallest absolute Gasteiger partial charge is 0.0957 e. The molecule has 1 aromatic carbocycles. The molecule has 0 nitrogen and oxygen atoms in total. The lowest BCUT2D eigenvalue weighted by molar-refractivity contribution is 1.98. The zero-order chi connectivity index (χ0) is 7.72. The standard InChI is InChI=1S/C6H10B4/c7-3-1-4(8)6(10)2-5(3)9/h1-2H,7-10H2. The fourth-order valence-electron chi connectivity index (χ4n) is 1.10. The summed E-state index contributed by atoms with van der Waals surface area (Å²) in [5, 5.41) is 0. The maximum absolute atomic E-state index is 2.24. The predicted octanol–water partition coefficient (Wildman–Crippen LogP) is -5.28. The zero-order valence-electron chi connectivity index (χ0n) is 7.15. The Bertz CT molecular complexity index is 206. The van der Waals surface area contributed by atoms with Crippen LogP contribution in [0.5, 0.6) is 0 Å². The van der Waals surface area contributed by atoms with Crippen LogP contribution in [0.4, 0.5) is 0 Å². The first kappa shape index (κ1) is 7.59. The lowest BCUT2D eigenvalue weighted by Crippen LogP contribution is -2.38. The van der Waals surface area contributed by atoms with Gasteiger partial charge in [0.05, 0.1) is 0 Å². The summed E-state index contributed by atoms with van der Waals surface area (Å²) < 4.78 is 0. The van der Waals surface area contributed by atoms with E-state index in [1.807, 2.05) is 0 Å². The van der Waals surface area contributed by atoms with Crippen molar-refractivity contribution in [3.63, 3.8) is 0 Å². The van der Waals surface area contributed by atoms with Crippen LogP contribution >= 0.6 is 0 Å². The lowest BCUT2D eigenvalue weighted by atomic mass is 9.71. The summed E-state index contributed by atoms with van der Waals surface area (Å²) in [7, 11) is 8.62. The minimum Gasteiger partial charge on any atom is -0.0957 e. The molecule has 0 spiro atoms. The largest absolute Gasteiger partial charge is 0.138 e. The fraction of sp³-hybridized carbons (Fsp3) is 0. The van der Waals surface area contributed by atoms with E-state index < -0.39 is 0 Å². The van der Waals surface area contributed by atoms with Crippen LogP contribution in [0.1, 0.15) is 0 Å². The van der Waals surface area contributed by atoms with Crippen LogP contribution in [0.25, 0.3) is 0 Å². The highest BCUT2D eigenvalue weighted by Crippen LogP contribution is 1.66. The van der Waals surface area contributed by atoms with Crippen LogP contribution in [0.3, 0.4) is 0 Å². The Morgan fingerprint density at radius 3 is 1.00 bits per heavy atom. The number of rotatable bonds is 0. The molecule has 0 aliphatic carbocycles. The SMILES string of the molecule is Bc1cc(B)c(B)cc1B. The molecule has 0 aromatic heterocycles. The van der Waals surface area contributed by atoms with Crippen LogP contribution in [-0.4, -0.2) is 31.4 Å². The Morgan fingerprint density at radius 1 is 0.600 bits per heavy atom. The summed E-state index contributed by atoms with van der Waals surface area (Å²) in [6, 6.07) is 4.48. The maximum atomic E-state index is 2.24. The van der Waals surface area contributed by atoms with Crippen LogP contribution in [0.2, 0.25) is 0 Å². The summed E-state index contributed by atoms with van der Waals surface area (Å²) in [5.74, 6) is 0. The van der Waals surface area contributed by atoms with Crippen molar-refractivity contribution in [2.45, 2.75) is 0 Å². The van der Waals surface area contributed by atoms with Gasteiger partial charge in [0.25, 0.3) is 0 Å². The molecule has 10 heavy (non-hydrogen) atoms. The third kappa shape index (κ3) is 1.31. The van der Waals surface area contributed by atoms with Crippen molar-refractivity contribution in [2.75, 3.05) is 0 Å². The summed E-state index contributed by atoms with van der Waals surface area (Å²) in [6.45, 7) is 0. The van der Waals surface area contributed by atoms with Crippen molar-refractivity contribution >= 4 is 53.2 Å². The van der Waals surface area contributed by atoms with Crippen molar-refractivity contribution < 1.29 is 0 Å². The van der Waals surface area contributed by atoms with Gasteiger partial charge in [-0.3, -0.25) is 0 Å². The highest BCUT2D eigenvalue weighted by Gasteiger charge is 1.94. The molecule has 1 rings (SSSR count). The van der Waals surface area contributed by atoms with E-state index in [0.29, 0.717) is 0 Å². The van der Waals surface area contributed by atoms with Gasteiger partial charge in [-0.1, -0.05) is 34.0 Å². The summed E-state index contributed by atoms with van der Waals surface area (Å²) in [6.07, 6.45) is 0. The van der Waals surface area contributed by atoms with E-state index in [1.54, 1.807) is 0 Å². The molecular weight excluding hydrogens is 115 g/mol. The molecule has 0 heterocycles. The first-order chi connectivity index (χ1) is 4.61. The fourth-order valence-corrected chi connectivity index (χ4v) is 1.10. The second-order valence-corrected chi connectivity index (χ2v) is 3.02. The van der Waals surface area contributed by atoms with E-state index >= 15 is 0 Å². The molecule has 0 unspecified atom stereocenters. The molecule has 0 fully saturated rings. The second-order valence-electron chi connectivity index (χ2n) is 3.02. The van der Waals surface area contributed by atoms with Gasteiger partial charge in [-0.05, 0) is 0 Å². The molecule has 1 aromatic rings. The lowest BCUT2D eigenvalue weighted by Gasteiger charge is -2.05. The van der Waals surface area contributed by atoms with E-state index in [-0.39, 0.29) is 0 Å². The Morgan fingerprint density at radius 2 is 0.800 bits per heavy atom. The average Bonchev–Trinajstić information content (AvgIpc) is 1.84. The molecule has 0 N–H and O–H groups in total. The Balaban J connectivity index is 3.28. The van der Waals surface area contributed by atoms with Crippen LogP contribution in [0.15, 0.2) is 12.1 Å². The Hall–Kier alpha value is -0.520. The molecule has 0 saturated carbocycles. The first-order valence-electron chi connectivity index (χ1n) is 3.65.